The number of aliphatic hydroxyl groups is 1. The molecule has 2 amide bonds. The third-order valence-electron chi connectivity index (χ3n) is 3.10. The molecule has 0 unspecified atom stereocenters. The molecule has 0 spiro atoms. The van der Waals surface area contributed by atoms with E-state index in [1.807, 2.05) is 30.3 Å². The van der Waals surface area contributed by atoms with E-state index < -0.39 is 19.0 Å². The van der Waals surface area contributed by atoms with E-state index in [0.717, 1.165) is 4.90 Å². The van der Waals surface area contributed by atoms with Gasteiger partial charge >= 0.3 is 6.03 Å². The fourth-order valence-corrected chi connectivity index (χ4v) is 2.00. The smallest absolute Gasteiger partial charge is 0.322 e. The lowest BCUT2D eigenvalue weighted by Gasteiger charge is -2.21. The zero-order valence-corrected chi connectivity index (χ0v) is 12.9. The minimum atomic E-state index is -2.66. The third-order valence-corrected chi connectivity index (χ3v) is 3.10. The number of hydrogen-bond acceptors (Lipinski definition) is 3. The molecule has 2 N–H and O–H groups in total. The van der Waals surface area contributed by atoms with E-state index in [2.05, 4.69) is 5.32 Å². The molecule has 0 radical (unpaired) electrons. The fourth-order valence-electron chi connectivity index (χ4n) is 2.00. The molecule has 7 heteroatoms. The van der Waals surface area contributed by atoms with E-state index in [0.29, 0.717) is 17.2 Å². The second-order valence-electron chi connectivity index (χ2n) is 4.93. The zero-order valence-electron chi connectivity index (χ0n) is 12.9. The van der Waals surface area contributed by atoms with Crippen molar-refractivity contribution in [3.63, 3.8) is 0 Å². The average molecular weight is 336 g/mol. The van der Waals surface area contributed by atoms with Gasteiger partial charge in [-0.2, -0.15) is 0 Å². The van der Waals surface area contributed by atoms with Gasteiger partial charge in [-0.1, -0.05) is 18.2 Å². The number of nitrogens with zero attached hydrogens (tertiary/aromatic N) is 1. The molecule has 2 rings (SSSR count). The van der Waals surface area contributed by atoms with Crippen molar-refractivity contribution in [2.75, 3.05) is 25.0 Å². The van der Waals surface area contributed by atoms with Crippen LogP contribution in [0.1, 0.15) is 0 Å². The number of anilines is 1. The minimum absolute atomic E-state index is 0.161. The number of nitrogens with one attached hydrogen (secondary N) is 1. The van der Waals surface area contributed by atoms with Gasteiger partial charge in [0.2, 0.25) is 0 Å². The van der Waals surface area contributed by atoms with Gasteiger partial charge in [0.15, 0.2) is 0 Å². The van der Waals surface area contributed by atoms with Crippen LogP contribution in [0, 0.1) is 0 Å². The van der Waals surface area contributed by atoms with Gasteiger partial charge < -0.3 is 20.1 Å². The molecular formula is C17H18F2N2O3. The Morgan fingerprint density at radius 3 is 2.29 bits per heavy atom. The van der Waals surface area contributed by atoms with Gasteiger partial charge in [0.1, 0.15) is 11.5 Å². The standard InChI is InChI=1S/C17H18F2N2O3/c18-16(19)12-21(10-11-22)17(23)20-13-6-8-15(9-7-13)24-14-4-2-1-3-5-14/h1-9,16,22H,10-12H2,(H,20,23). The van der Waals surface area contributed by atoms with Gasteiger partial charge in [-0.15, -0.1) is 0 Å². The maximum absolute atomic E-state index is 12.4. The largest absolute Gasteiger partial charge is 0.457 e. The number of amides is 2. The van der Waals surface area contributed by atoms with Crippen LogP contribution in [0.3, 0.4) is 0 Å². The molecule has 5 nitrogen and oxygen atoms in total. The van der Waals surface area contributed by atoms with Crippen LogP contribution in [-0.4, -0.2) is 42.2 Å². The molecule has 0 atom stereocenters. The molecule has 0 heterocycles. The summed E-state index contributed by atoms with van der Waals surface area (Å²) >= 11 is 0. The van der Waals surface area contributed by atoms with Crippen LogP contribution >= 0.6 is 0 Å². The van der Waals surface area contributed by atoms with E-state index in [1.54, 1.807) is 24.3 Å². The van der Waals surface area contributed by atoms with Crippen LogP contribution in [0.25, 0.3) is 0 Å². The van der Waals surface area contributed by atoms with E-state index in [-0.39, 0.29) is 13.2 Å². The van der Waals surface area contributed by atoms with Crippen molar-refractivity contribution < 1.29 is 23.4 Å². The number of aliphatic hydroxyl groups excluding tert-OH is 1. The lowest BCUT2D eigenvalue weighted by atomic mass is 10.3. The molecule has 0 saturated heterocycles. The highest BCUT2D eigenvalue weighted by Crippen LogP contribution is 2.22. The van der Waals surface area contributed by atoms with Crippen molar-refractivity contribution in [1.29, 1.82) is 0 Å². The summed E-state index contributed by atoms with van der Waals surface area (Å²) in [6.07, 6.45) is -2.66. The lowest BCUT2D eigenvalue weighted by Crippen LogP contribution is -2.40. The Labute approximate surface area is 138 Å². The maximum Gasteiger partial charge on any atom is 0.322 e. The third kappa shape index (κ3) is 5.51. The predicted molar refractivity (Wildman–Crippen MR) is 86.6 cm³/mol. The molecule has 0 saturated carbocycles. The van der Waals surface area contributed by atoms with Gasteiger partial charge in [0.05, 0.1) is 13.2 Å². The molecule has 128 valence electrons. The van der Waals surface area contributed by atoms with Crippen LogP contribution in [0.2, 0.25) is 0 Å². The van der Waals surface area contributed by atoms with Gasteiger partial charge in [0, 0.05) is 12.2 Å². The molecule has 0 aliphatic heterocycles. The first-order valence-electron chi connectivity index (χ1n) is 7.36. The molecular weight excluding hydrogens is 318 g/mol. The summed E-state index contributed by atoms with van der Waals surface area (Å²) in [6.45, 7) is -1.28. The van der Waals surface area contributed by atoms with Crippen LogP contribution in [0.4, 0.5) is 19.3 Å². The summed E-state index contributed by atoms with van der Waals surface area (Å²) in [6, 6.07) is 15.0. The molecule has 2 aromatic carbocycles. The van der Waals surface area contributed by atoms with Crippen molar-refractivity contribution in [3.8, 4) is 11.5 Å². The summed E-state index contributed by atoms with van der Waals surface area (Å²) in [5.74, 6) is 1.26. The highest BCUT2D eigenvalue weighted by Gasteiger charge is 2.17. The summed E-state index contributed by atoms with van der Waals surface area (Å²) in [5, 5.41) is 11.4. The van der Waals surface area contributed by atoms with Crippen molar-refractivity contribution in [2.45, 2.75) is 6.43 Å². The molecule has 0 aliphatic rings. The van der Waals surface area contributed by atoms with E-state index >= 15 is 0 Å². The van der Waals surface area contributed by atoms with Gasteiger partial charge in [-0.05, 0) is 36.4 Å². The number of halogens is 2. The summed E-state index contributed by atoms with van der Waals surface area (Å²) in [4.78, 5) is 12.8. The number of rotatable bonds is 7. The monoisotopic (exact) mass is 336 g/mol. The topological polar surface area (TPSA) is 61.8 Å². The van der Waals surface area contributed by atoms with Crippen LogP contribution < -0.4 is 10.1 Å². The molecule has 0 fully saturated rings. The average Bonchev–Trinajstić information content (AvgIpc) is 2.57. The summed E-state index contributed by atoms with van der Waals surface area (Å²) in [7, 11) is 0. The van der Waals surface area contributed by atoms with Crippen LogP contribution in [0.5, 0.6) is 11.5 Å². The Morgan fingerprint density at radius 2 is 1.71 bits per heavy atom. The number of carbonyl (C=O) groups is 1. The minimum Gasteiger partial charge on any atom is -0.457 e. The molecule has 24 heavy (non-hydrogen) atoms. The first kappa shape index (κ1) is 17.7. The quantitative estimate of drug-likeness (QED) is 0.812. The Bertz CT molecular complexity index is 636. The first-order chi connectivity index (χ1) is 11.6. The molecule has 0 aromatic heterocycles. The fraction of sp³-hybridized carbons (Fsp3) is 0.235. The van der Waals surface area contributed by atoms with Crippen molar-refractivity contribution in [2.24, 2.45) is 0 Å². The highest BCUT2D eigenvalue weighted by atomic mass is 19.3. The Morgan fingerprint density at radius 1 is 1.08 bits per heavy atom. The highest BCUT2D eigenvalue weighted by molar-refractivity contribution is 5.89. The van der Waals surface area contributed by atoms with Crippen LogP contribution in [-0.2, 0) is 0 Å². The number of ether oxygens (including phenoxy) is 1. The number of hydrogen-bond donors (Lipinski definition) is 2. The number of alkyl halides is 2. The SMILES string of the molecule is O=C(Nc1ccc(Oc2ccccc2)cc1)N(CCO)CC(F)F. The van der Waals surface area contributed by atoms with Crippen LogP contribution in [0.15, 0.2) is 54.6 Å². The summed E-state index contributed by atoms with van der Waals surface area (Å²) < 4.78 is 30.5. The van der Waals surface area contributed by atoms with Crippen molar-refractivity contribution in [3.05, 3.63) is 54.6 Å². The Balaban J connectivity index is 1.96. The Hall–Kier alpha value is -2.67. The molecule has 0 bridgehead atoms. The van der Waals surface area contributed by atoms with Gasteiger partial charge in [-0.3, -0.25) is 0 Å². The van der Waals surface area contributed by atoms with Crippen molar-refractivity contribution >= 4 is 11.7 Å². The first-order valence-corrected chi connectivity index (χ1v) is 7.36. The number of carbonyl (C=O) groups excluding carboxylic acids is 1. The number of urea groups is 1. The van der Waals surface area contributed by atoms with Gasteiger partial charge in [-0.25, -0.2) is 13.6 Å². The summed E-state index contributed by atoms with van der Waals surface area (Å²) in [5.41, 5.74) is 0.442. The maximum atomic E-state index is 12.4. The normalized spacial score (nSPS) is 10.5. The second-order valence-corrected chi connectivity index (χ2v) is 4.93. The molecule has 0 aliphatic carbocycles. The molecule has 2 aromatic rings. The zero-order chi connectivity index (χ0) is 17.4. The second kappa shape index (κ2) is 8.83. The van der Waals surface area contributed by atoms with E-state index in [4.69, 9.17) is 9.84 Å². The number of para-hydroxylation sites is 1. The van der Waals surface area contributed by atoms with Gasteiger partial charge in [0.25, 0.3) is 6.43 Å². The van der Waals surface area contributed by atoms with Crippen molar-refractivity contribution in [1.82, 2.24) is 4.90 Å². The lowest BCUT2D eigenvalue weighted by molar-refractivity contribution is 0.0943. The van der Waals surface area contributed by atoms with E-state index in [9.17, 15) is 13.6 Å². The number of benzene rings is 2. The Kier molecular flexibility index (Phi) is 6.51. The predicted octanol–water partition coefficient (Wildman–Crippen LogP) is 3.57. The van der Waals surface area contributed by atoms with E-state index in [1.165, 1.54) is 0 Å².